The van der Waals surface area contributed by atoms with Crippen molar-refractivity contribution in [2.45, 2.75) is 24.9 Å². The molecule has 2 saturated heterocycles. The molecule has 2 heterocycles. The molecule has 0 spiro atoms. The fourth-order valence-corrected chi connectivity index (χ4v) is 5.92. The summed E-state index contributed by atoms with van der Waals surface area (Å²) in [4.78, 5) is 0. The summed E-state index contributed by atoms with van der Waals surface area (Å²) in [6.07, 6.45) is 3.01. The van der Waals surface area contributed by atoms with E-state index in [0.717, 1.165) is 19.1 Å². The summed E-state index contributed by atoms with van der Waals surface area (Å²) in [6.45, 7) is 1.60. The quantitative estimate of drug-likeness (QED) is 0.630. The van der Waals surface area contributed by atoms with Crippen molar-refractivity contribution in [3.8, 4) is 0 Å². The second-order valence-corrected chi connectivity index (χ2v) is 9.88. The highest BCUT2D eigenvalue weighted by Crippen LogP contribution is 2.34. The van der Waals surface area contributed by atoms with Gasteiger partial charge in [-0.3, -0.25) is 0 Å². The van der Waals surface area contributed by atoms with Crippen molar-refractivity contribution >= 4 is 20.0 Å². The van der Waals surface area contributed by atoms with E-state index in [4.69, 9.17) is 4.74 Å². The van der Waals surface area contributed by atoms with Crippen LogP contribution in [-0.4, -0.2) is 75.8 Å². The standard InChI is InChI=1S/C11H20N2O5S2/c1-19(14,15)12-4-9(5-12)8-20(16,17)13(10-2-3-10)11-6-18-7-11/h9-11H,2-8H2,1H3. The maximum absolute atomic E-state index is 12.5. The molecule has 0 bridgehead atoms. The largest absolute Gasteiger partial charge is 0.378 e. The average Bonchev–Trinajstić information content (AvgIpc) is 2.97. The molecule has 20 heavy (non-hydrogen) atoms. The predicted molar refractivity (Wildman–Crippen MR) is 73.2 cm³/mol. The Hall–Kier alpha value is -0.220. The molecule has 0 atom stereocenters. The first-order valence-corrected chi connectivity index (χ1v) is 10.3. The minimum absolute atomic E-state index is 0.0152. The van der Waals surface area contributed by atoms with Crippen LogP contribution in [-0.2, 0) is 24.8 Å². The highest BCUT2D eigenvalue weighted by molar-refractivity contribution is 7.89. The second kappa shape index (κ2) is 4.91. The van der Waals surface area contributed by atoms with Crippen molar-refractivity contribution in [1.82, 2.24) is 8.61 Å². The van der Waals surface area contributed by atoms with Crippen LogP contribution < -0.4 is 0 Å². The van der Waals surface area contributed by atoms with E-state index < -0.39 is 20.0 Å². The third kappa shape index (κ3) is 2.87. The molecule has 3 rings (SSSR count). The topological polar surface area (TPSA) is 84.0 Å². The van der Waals surface area contributed by atoms with Gasteiger partial charge in [0, 0.05) is 25.0 Å². The molecular weight excluding hydrogens is 304 g/mol. The number of sulfonamides is 2. The summed E-state index contributed by atoms with van der Waals surface area (Å²) in [5, 5.41) is 0. The van der Waals surface area contributed by atoms with E-state index in [-0.39, 0.29) is 23.8 Å². The molecule has 2 aliphatic heterocycles. The van der Waals surface area contributed by atoms with Gasteiger partial charge in [0.05, 0.1) is 31.3 Å². The molecule has 0 radical (unpaired) electrons. The minimum atomic E-state index is -3.32. The minimum Gasteiger partial charge on any atom is -0.378 e. The van der Waals surface area contributed by atoms with Crippen LogP contribution in [0.1, 0.15) is 12.8 Å². The molecule has 0 amide bonds. The Labute approximate surface area is 120 Å². The summed E-state index contributed by atoms with van der Waals surface area (Å²) >= 11 is 0. The van der Waals surface area contributed by atoms with Crippen molar-refractivity contribution in [3.05, 3.63) is 0 Å². The number of rotatable bonds is 6. The third-order valence-corrected chi connectivity index (χ3v) is 7.41. The highest BCUT2D eigenvalue weighted by Gasteiger charge is 2.46. The lowest BCUT2D eigenvalue weighted by atomic mass is 10.1. The van der Waals surface area contributed by atoms with Crippen LogP contribution in [0, 0.1) is 5.92 Å². The molecule has 0 N–H and O–H groups in total. The SMILES string of the molecule is CS(=O)(=O)N1CC(CS(=O)(=O)N(C2CC2)C2COC2)C1. The normalized spacial score (nSPS) is 26.5. The van der Waals surface area contributed by atoms with E-state index in [1.54, 1.807) is 4.31 Å². The van der Waals surface area contributed by atoms with Gasteiger partial charge in [0.1, 0.15) is 0 Å². The Morgan fingerprint density at radius 2 is 1.70 bits per heavy atom. The fraction of sp³-hybridized carbons (Fsp3) is 1.00. The molecule has 1 saturated carbocycles. The average molecular weight is 324 g/mol. The summed E-state index contributed by atoms with van der Waals surface area (Å²) in [5.74, 6) is -0.0385. The molecule has 0 aromatic rings. The molecule has 1 aliphatic carbocycles. The van der Waals surface area contributed by atoms with Gasteiger partial charge in [-0.25, -0.2) is 21.1 Å². The molecule has 7 nitrogen and oxygen atoms in total. The van der Waals surface area contributed by atoms with Gasteiger partial charge in [-0.05, 0) is 12.8 Å². The van der Waals surface area contributed by atoms with Crippen LogP contribution in [0.5, 0.6) is 0 Å². The van der Waals surface area contributed by atoms with E-state index in [9.17, 15) is 16.8 Å². The predicted octanol–water partition coefficient (Wildman–Crippen LogP) is -0.929. The maximum atomic E-state index is 12.5. The van der Waals surface area contributed by atoms with Crippen LogP contribution in [0.2, 0.25) is 0 Å². The van der Waals surface area contributed by atoms with E-state index in [0.29, 0.717) is 26.3 Å². The Morgan fingerprint density at radius 3 is 2.10 bits per heavy atom. The van der Waals surface area contributed by atoms with E-state index >= 15 is 0 Å². The van der Waals surface area contributed by atoms with Gasteiger partial charge in [0.25, 0.3) is 0 Å². The Balaban J connectivity index is 1.61. The first kappa shape index (κ1) is 14.7. The lowest BCUT2D eigenvalue weighted by Gasteiger charge is -2.40. The Bertz CT molecular complexity index is 574. The van der Waals surface area contributed by atoms with Gasteiger partial charge in [0.15, 0.2) is 0 Å². The van der Waals surface area contributed by atoms with E-state index in [1.807, 2.05) is 0 Å². The monoisotopic (exact) mass is 324 g/mol. The molecule has 0 unspecified atom stereocenters. The summed E-state index contributed by atoms with van der Waals surface area (Å²) < 4.78 is 55.6. The summed E-state index contributed by atoms with van der Waals surface area (Å²) in [6, 6.07) is 0.124. The zero-order valence-corrected chi connectivity index (χ0v) is 13.1. The molecule has 3 aliphatic rings. The van der Waals surface area contributed by atoms with Crippen molar-refractivity contribution in [2.24, 2.45) is 5.92 Å². The van der Waals surface area contributed by atoms with Crippen molar-refractivity contribution in [2.75, 3.05) is 38.3 Å². The van der Waals surface area contributed by atoms with Gasteiger partial charge in [-0.15, -0.1) is 0 Å². The van der Waals surface area contributed by atoms with Crippen molar-refractivity contribution in [1.29, 1.82) is 0 Å². The first-order valence-electron chi connectivity index (χ1n) is 6.81. The molecule has 3 fully saturated rings. The zero-order chi connectivity index (χ0) is 14.5. The smallest absolute Gasteiger partial charge is 0.215 e. The Kier molecular flexibility index (Phi) is 3.61. The number of hydrogen-bond donors (Lipinski definition) is 0. The lowest BCUT2D eigenvalue weighted by Crippen LogP contribution is -2.57. The van der Waals surface area contributed by atoms with E-state index in [1.165, 1.54) is 4.31 Å². The third-order valence-electron chi connectivity index (χ3n) is 4.05. The van der Waals surface area contributed by atoms with Crippen LogP contribution in [0.25, 0.3) is 0 Å². The number of ether oxygens (including phenoxy) is 1. The highest BCUT2D eigenvalue weighted by atomic mass is 32.2. The summed E-state index contributed by atoms with van der Waals surface area (Å²) in [7, 11) is -6.50. The van der Waals surface area contributed by atoms with Gasteiger partial charge < -0.3 is 4.74 Å². The first-order chi connectivity index (χ1) is 9.27. The number of nitrogens with zero attached hydrogens (tertiary/aromatic N) is 2. The van der Waals surface area contributed by atoms with Crippen LogP contribution >= 0.6 is 0 Å². The maximum Gasteiger partial charge on any atom is 0.215 e. The molecule has 0 aromatic carbocycles. The molecule has 9 heteroatoms. The van der Waals surface area contributed by atoms with Gasteiger partial charge in [0.2, 0.25) is 20.0 Å². The van der Waals surface area contributed by atoms with E-state index in [2.05, 4.69) is 0 Å². The van der Waals surface area contributed by atoms with Gasteiger partial charge in [-0.1, -0.05) is 0 Å². The fourth-order valence-electron chi connectivity index (χ4n) is 2.73. The lowest BCUT2D eigenvalue weighted by molar-refractivity contribution is -0.0389. The second-order valence-electron chi connectivity index (χ2n) is 5.98. The Morgan fingerprint density at radius 1 is 1.10 bits per heavy atom. The van der Waals surface area contributed by atoms with Crippen LogP contribution in [0.3, 0.4) is 0 Å². The summed E-state index contributed by atoms with van der Waals surface area (Å²) in [5.41, 5.74) is 0. The molecule has 116 valence electrons. The molecule has 0 aromatic heterocycles. The van der Waals surface area contributed by atoms with Gasteiger partial charge in [-0.2, -0.15) is 4.31 Å². The zero-order valence-electron chi connectivity index (χ0n) is 11.4. The molecular formula is C11H20N2O5S2. The number of hydrogen-bond acceptors (Lipinski definition) is 5. The van der Waals surface area contributed by atoms with Crippen molar-refractivity contribution in [3.63, 3.8) is 0 Å². The van der Waals surface area contributed by atoms with Gasteiger partial charge >= 0.3 is 0 Å². The van der Waals surface area contributed by atoms with Crippen molar-refractivity contribution < 1.29 is 21.6 Å². The van der Waals surface area contributed by atoms with Crippen LogP contribution in [0.4, 0.5) is 0 Å². The van der Waals surface area contributed by atoms with Crippen LogP contribution in [0.15, 0.2) is 0 Å².